The summed E-state index contributed by atoms with van der Waals surface area (Å²) in [5.74, 6) is 0. The third-order valence-electron chi connectivity index (χ3n) is 4.10. The lowest BCUT2D eigenvalue weighted by atomic mass is 10.0. The van der Waals surface area contributed by atoms with Gasteiger partial charge in [-0.1, -0.05) is 6.92 Å². The van der Waals surface area contributed by atoms with Crippen LogP contribution in [0.15, 0.2) is 15.9 Å². The van der Waals surface area contributed by atoms with E-state index in [2.05, 4.69) is 64.2 Å². The fourth-order valence-electron chi connectivity index (χ4n) is 3.02. The molecular weight excluding hydrogens is 334 g/mol. The zero-order chi connectivity index (χ0) is 14.5. The molecule has 1 aliphatic heterocycles. The Hall–Kier alpha value is 0.0600. The average Bonchev–Trinajstić information content (AvgIpc) is 2.72. The van der Waals surface area contributed by atoms with Gasteiger partial charge >= 0.3 is 0 Å². The molecule has 2 heterocycles. The lowest BCUT2D eigenvalue weighted by molar-refractivity contribution is 0.178. The minimum absolute atomic E-state index is 0.524. The van der Waals surface area contributed by atoms with Crippen molar-refractivity contribution >= 4 is 27.3 Å². The van der Waals surface area contributed by atoms with Gasteiger partial charge in [0, 0.05) is 23.5 Å². The standard InChI is InChI=1S/C15H26BrN3S/c1-4-17-13(10-12-6-7-15(16)20-12)14-11-18(2)8-5-9-19(14)3/h6-7,13-14,17H,4-5,8-11H2,1-3H3. The predicted octanol–water partition coefficient (Wildman–Crippen LogP) is 2.67. The topological polar surface area (TPSA) is 18.5 Å². The van der Waals surface area contributed by atoms with Gasteiger partial charge in [-0.05, 0) is 74.6 Å². The number of hydrogen-bond donors (Lipinski definition) is 1. The van der Waals surface area contributed by atoms with Gasteiger partial charge in [-0.25, -0.2) is 0 Å². The van der Waals surface area contributed by atoms with Crippen molar-refractivity contribution in [2.45, 2.75) is 31.8 Å². The highest BCUT2D eigenvalue weighted by Crippen LogP contribution is 2.24. The van der Waals surface area contributed by atoms with Crippen molar-refractivity contribution < 1.29 is 0 Å². The number of nitrogens with zero attached hydrogens (tertiary/aromatic N) is 2. The van der Waals surface area contributed by atoms with Gasteiger partial charge in [-0.2, -0.15) is 0 Å². The maximum Gasteiger partial charge on any atom is 0.0701 e. The van der Waals surface area contributed by atoms with E-state index >= 15 is 0 Å². The van der Waals surface area contributed by atoms with Crippen molar-refractivity contribution in [3.05, 3.63) is 20.8 Å². The molecule has 0 radical (unpaired) electrons. The van der Waals surface area contributed by atoms with E-state index in [1.54, 1.807) is 0 Å². The summed E-state index contributed by atoms with van der Waals surface area (Å²) < 4.78 is 1.23. The Kier molecular flexibility index (Phi) is 6.49. The second-order valence-electron chi connectivity index (χ2n) is 5.74. The molecule has 20 heavy (non-hydrogen) atoms. The summed E-state index contributed by atoms with van der Waals surface area (Å²) in [4.78, 5) is 6.48. The lowest BCUT2D eigenvalue weighted by Crippen LogP contribution is -2.53. The number of likely N-dealkylation sites (N-methyl/N-ethyl adjacent to an activating group) is 3. The minimum atomic E-state index is 0.524. The van der Waals surface area contributed by atoms with Crippen molar-refractivity contribution in [1.29, 1.82) is 0 Å². The van der Waals surface area contributed by atoms with Crippen molar-refractivity contribution in [3.63, 3.8) is 0 Å². The molecule has 1 aromatic rings. The Morgan fingerprint density at radius 3 is 2.85 bits per heavy atom. The van der Waals surface area contributed by atoms with Gasteiger partial charge < -0.3 is 15.1 Å². The van der Waals surface area contributed by atoms with Gasteiger partial charge in [0.05, 0.1) is 3.79 Å². The molecule has 1 saturated heterocycles. The summed E-state index contributed by atoms with van der Waals surface area (Å²) in [7, 11) is 4.52. The highest BCUT2D eigenvalue weighted by molar-refractivity contribution is 9.11. The molecule has 1 fully saturated rings. The van der Waals surface area contributed by atoms with Crippen LogP contribution >= 0.6 is 27.3 Å². The Bertz CT molecular complexity index is 410. The maximum atomic E-state index is 3.71. The van der Waals surface area contributed by atoms with E-state index in [1.165, 1.54) is 28.2 Å². The van der Waals surface area contributed by atoms with E-state index in [4.69, 9.17) is 0 Å². The molecule has 1 aliphatic rings. The van der Waals surface area contributed by atoms with Crippen LogP contribution in [0, 0.1) is 0 Å². The molecule has 0 saturated carbocycles. The van der Waals surface area contributed by atoms with Crippen LogP contribution in [0.25, 0.3) is 0 Å². The van der Waals surface area contributed by atoms with Gasteiger partial charge in [-0.3, -0.25) is 0 Å². The molecule has 1 N–H and O–H groups in total. The van der Waals surface area contributed by atoms with E-state index in [-0.39, 0.29) is 0 Å². The highest BCUT2D eigenvalue weighted by Gasteiger charge is 2.28. The Labute approximate surface area is 135 Å². The molecule has 0 spiro atoms. The SMILES string of the molecule is CCNC(Cc1ccc(Br)s1)C1CN(C)CCCN1C. The number of thiophene rings is 1. The third kappa shape index (κ3) is 4.53. The Balaban J connectivity index is 2.08. The lowest BCUT2D eigenvalue weighted by Gasteiger charge is -2.35. The van der Waals surface area contributed by atoms with Crippen molar-refractivity contribution in [2.75, 3.05) is 40.3 Å². The van der Waals surface area contributed by atoms with Crippen molar-refractivity contribution in [1.82, 2.24) is 15.1 Å². The van der Waals surface area contributed by atoms with E-state index in [0.29, 0.717) is 12.1 Å². The van der Waals surface area contributed by atoms with E-state index in [1.807, 2.05) is 11.3 Å². The summed E-state index contributed by atoms with van der Waals surface area (Å²) in [6, 6.07) is 5.52. The molecular formula is C15H26BrN3S. The molecule has 5 heteroatoms. The smallest absolute Gasteiger partial charge is 0.0701 e. The number of rotatable bonds is 5. The molecule has 2 unspecified atom stereocenters. The van der Waals surface area contributed by atoms with Gasteiger partial charge in [-0.15, -0.1) is 11.3 Å². The van der Waals surface area contributed by atoms with Crippen LogP contribution in [-0.4, -0.2) is 62.2 Å². The van der Waals surface area contributed by atoms with Crippen LogP contribution in [0.5, 0.6) is 0 Å². The van der Waals surface area contributed by atoms with Crippen LogP contribution in [0.4, 0.5) is 0 Å². The van der Waals surface area contributed by atoms with Crippen LogP contribution in [-0.2, 0) is 6.42 Å². The first-order chi connectivity index (χ1) is 9.60. The molecule has 0 aliphatic carbocycles. The predicted molar refractivity (Wildman–Crippen MR) is 91.7 cm³/mol. The zero-order valence-electron chi connectivity index (χ0n) is 12.7. The monoisotopic (exact) mass is 359 g/mol. The summed E-state index contributed by atoms with van der Waals surface area (Å²) in [6.45, 7) is 6.80. The summed E-state index contributed by atoms with van der Waals surface area (Å²) in [6.07, 6.45) is 2.39. The first-order valence-corrected chi connectivity index (χ1v) is 9.07. The summed E-state index contributed by atoms with van der Waals surface area (Å²) in [5, 5.41) is 3.71. The zero-order valence-corrected chi connectivity index (χ0v) is 15.1. The van der Waals surface area contributed by atoms with E-state index < -0.39 is 0 Å². The van der Waals surface area contributed by atoms with Crippen LogP contribution in [0.2, 0.25) is 0 Å². The van der Waals surface area contributed by atoms with Gasteiger partial charge in [0.15, 0.2) is 0 Å². The van der Waals surface area contributed by atoms with Crippen LogP contribution < -0.4 is 5.32 Å². The van der Waals surface area contributed by atoms with Crippen molar-refractivity contribution in [2.24, 2.45) is 0 Å². The summed E-state index contributed by atoms with van der Waals surface area (Å²) >= 11 is 5.43. The quantitative estimate of drug-likeness (QED) is 0.871. The molecule has 0 amide bonds. The average molecular weight is 360 g/mol. The minimum Gasteiger partial charge on any atom is -0.312 e. The largest absolute Gasteiger partial charge is 0.312 e. The molecule has 2 atom stereocenters. The fourth-order valence-corrected chi connectivity index (χ4v) is 4.57. The number of nitrogens with one attached hydrogen (secondary N) is 1. The van der Waals surface area contributed by atoms with E-state index in [9.17, 15) is 0 Å². The molecule has 2 rings (SSSR count). The second-order valence-corrected chi connectivity index (χ2v) is 8.29. The van der Waals surface area contributed by atoms with Crippen LogP contribution in [0.3, 0.4) is 0 Å². The molecule has 0 bridgehead atoms. The first kappa shape index (κ1) is 16.4. The van der Waals surface area contributed by atoms with Crippen molar-refractivity contribution in [3.8, 4) is 0 Å². The molecule has 3 nitrogen and oxygen atoms in total. The Morgan fingerprint density at radius 1 is 1.40 bits per heavy atom. The fraction of sp³-hybridized carbons (Fsp3) is 0.733. The van der Waals surface area contributed by atoms with E-state index in [0.717, 1.165) is 19.5 Å². The van der Waals surface area contributed by atoms with Crippen LogP contribution in [0.1, 0.15) is 18.2 Å². The first-order valence-electron chi connectivity index (χ1n) is 7.46. The maximum absolute atomic E-state index is 3.71. The molecule has 1 aromatic heterocycles. The van der Waals surface area contributed by atoms with Gasteiger partial charge in [0.25, 0.3) is 0 Å². The van der Waals surface area contributed by atoms with Gasteiger partial charge in [0.2, 0.25) is 0 Å². The molecule has 0 aromatic carbocycles. The second kappa shape index (κ2) is 7.90. The summed E-state index contributed by atoms with van der Waals surface area (Å²) in [5.41, 5.74) is 0. The number of hydrogen-bond acceptors (Lipinski definition) is 4. The number of halogens is 1. The Morgan fingerprint density at radius 2 is 2.20 bits per heavy atom. The highest BCUT2D eigenvalue weighted by atomic mass is 79.9. The van der Waals surface area contributed by atoms with Gasteiger partial charge in [0.1, 0.15) is 0 Å². The third-order valence-corrected chi connectivity index (χ3v) is 5.74. The normalized spacial score (nSPS) is 23.7. The molecule has 114 valence electrons.